The Labute approximate surface area is 97.6 Å². The summed E-state index contributed by atoms with van der Waals surface area (Å²) in [6.07, 6.45) is 6.72. The number of pyridine rings is 3. The summed E-state index contributed by atoms with van der Waals surface area (Å²) in [5, 5.41) is 10.8. The molecule has 82 valence electrons. The molecule has 17 heavy (non-hydrogen) atoms. The fourth-order valence-corrected chi connectivity index (χ4v) is 1.72. The van der Waals surface area contributed by atoms with E-state index >= 15 is 0 Å². The molecule has 0 aliphatic rings. The maximum atomic E-state index is 9.94. The van der Waals surface area contributed by atoms with Crippen LogP contribution in [-0.4, -0.2) is 20.1 Å². The van der Waals surface area contributed by atoms with Gasteiger partial charge in [-0.25, -0.2) is 4.98 Å². The third-order valence-electron chi connectivity index (χ3n) is 2.53. The van der Waals surface area contributed by atoms with E-state index in [4.69, 9.17) is 0 Å². The van der Waals surface area contributed by atoms with E-state index in [0.29, 0.717) is 5.69 Å². The summed E-state index contributed by atoms with van der Waals surface area (Å²) in [5.41, 5.74) is 2.14. The van der Waals surface area contributed by atoms with Crippen molar-refractivity contribution >= 4 is 10.9 Å². The molecule has 4 heteroatoms. The quantitative estimate of drug-likeness (QED) is 0.688. The van der Waals surface area contributed by atoms with Gasteiger partial charge in [-0.3, -0.25) is 9.97 Å². The molecule has 3 heterocycles. The molecule has 0 atom stereocenters. The Morgan fingerprint density at radius 1 is 1.00 bits per heavy atom. The Morgan fingerprint density at radius 3 is 2.71 bits per heavy atom. The SMILES string of the molecule is Oc1cc2cnccc2nc1-c1cccnc1. The number of fused-ring (bicyclic) bond motifs is 1. The van der Waals surface area contributed by atoms with Crippen molar-refractivity contribution in [3.05, 3.63) is 49.1 Å². The van der Waals surface area contributed by atoms with E-state index in [2.05, 4.69) is 15.0 Å². The molecule has 3 aromatic heterocycles. The maximum Gasteiger partial charge on any atom is 0.142 e. The lowest BCUT2D eigenvalue weighted by Gasteiger charge is -2.05. The smallest absolute Gasteiger partial charge is 0.142 e. The molecule has 3 rings (SSSR count). The lowest BCUT2D eigenvalue weighted by molar-refractivity contribution is 0.476. The van der Waals surface area contributed by atoms with E-state index in [-0.39, 0.29) is 5.75 Å². The van der Waals surface area contributed by atoms with Gasteiger partial charge in [-0.15, -0.1) is 0 Å². The molecule has 0 fully saturated rings. The summed E-state index contributed by atoms with van der Waals surface area (Å²) >= 11 is 0. The van der Waals surface area contributed by atoms with E-state index in [1.807, 2.05) is 18.2 Å². The van der Waals surface area contributed by atoms with E-state index in [0.717, 1.165) is 16.5 Å². The van der Waals surface area contributed by atoms with Gasteiger partial charge >= 0.3 is 0 Å². The molecular formula is C13H9N3O. The van der Waals surface area contributed by atoms with Crippen LogP contribution in [0, 0.1) is 0 Å². The molecule has 3 aromatic rings. The van der Waals surface area contributed by atoms with Gasteiger partial charge in [-0.1, -0.05) is 0 Å². The summed E-state index contributed by atoms with van der Waals surface area (Å²) in [6.45, 7) is 0. The Hall–Kier alpha value is -2.49. The minimum Gasteiger partial charge on any atom is -0.506 e. The molecule has 0 bridgehead atoms. The maximum absolute atomic E-state index is 9.94. The molecule has 0 aliphatic carbocycles. The van der Waals surface area contributed by atoms with Crippen LogP contribution >= 0.6 is 0 Å². The van der Waals surface area contributed by atoms with Crippen molar-refractivity contribution in [2.45, 2.75) is 0 Å². The molecule has 0 saturated carbocycles. The van der Waals surface area contributed by atoms with Gasteiger partial charge in [0.1, 0.15) is 11.4 Å². The minimum absolute atomic E-state index is 0.138. The average molecular weight is 223 g/mol. The minimum atomic E-state index is 0.138. The third-order valence-corrected chi connectivity index (χ3v) is 2.53. The van der Waals surface area contributed by atoms with Crippen LogP contribution in [0.25, 0.3) is 22.2 Å². The highest BCUT2D eigenvalue weighted by Gasteiger charge is 2.07. The zero-order valence-corrected chi connectivity index (χ0v) is 8.91. The molecule has 0 unspecified atom stereocenters. The first kappa shape index (κ1) is 9.72. The van der Waals surface area contributed by atoms with E-state index in [9.17, 15) is 5.11 Å². The van der Waals surface area contributed by atoms with E-state index in [1.54, 1.807) is 30.9 Å². The molecule has 0 spiro atoms. The number of aromatic hydroxyl groups is 1. The second kappa shape index (κ2) is 3.83. The van der Waals surface area contributed by atoms with Crippen LogP contribution in [0.2, 0.25) is 0 Å². The predicted molar refractivity (Wildman–Crippen MR) is 64.4 cm³/mol. The summed E-state index contributed by atoms with van der Waals surface area (Å²) in [5.74, 6) is 0.138. The summed E-state index contributed by atoms with van der Waals surface area (Å²) in [6, 6.07) is 7.15. The Kier molecular flexibility index (Phi) is 2.19. The highest BCUT2D eigenvalue weighted by molar-refractivity contribution is 5.83. The van der Waals surface area contributed by atoms with Gasteiger partial charge in [0, 0.05) is 35.7 Å². The van der Waals surface area contributed by atoms with Gasteiger partial charge in [0.2, 0.25) is 0 Å². The topological polar surface area (TPSA) is 58.9 Å². The molecule has 0 amide bonds. The Morgan fingerprint density at radius 2 is 1.88 bits per heavy atom. The van der Waals surface area contributed by atoms with Crippen LogP contribution < -0.4 is 0 Å². The molecule has 0 aliphatic heterocycles. The monoisotopic (exact) mass is 223 g/mol. The van der Waals surface area contributed by atoms with E-state index < -0.39 is 0 Å². The molecule has 0 aromatic carbocycles. The number of hydrogen-bond donors (Lipinski definition) is 1. The normalized spacial score (nSPS) is 10.6. The van der Waals surface area contributed by atoms with Crippen molar-refractivity contribution in [2.75, 3.05) is 0 Å². The van der Waals surface area contributed by atoms with Crippen LogP contribution in [0.3, 0.4) is 0 Å². The van der Waals surface area contributed by atoms with Crippen LogP contribution in [0.15, 0.2) is 49.1 Å². The second-order valence-corrected chi connectivity index (χ2v) is 3.67. The number of hydrogen-bond acceptors (Lipinski definition) is 4. The Balaban J connectivity index is 2.27. The molecule has 1 N–H and O–H groups in total. The van der Waals surface area contributed by atoms with Crippen molar-refractivity contribution < 1.29 is 5.11 Å². The zero-order chi connectivity index (χ0) is 11.7. The first-order valence-corrected chi connectivity index (χ1v) is 5.19. The van der Waals surface area contributed by atoms with Crippen molar-refractivity contribution in [1.82, 2.24) is 15.0 Å². The highest BCUT2D eigenvalue weighted by Crippen LogP contribution is 2.29. The zero-order valence-electron chi connectivity index (χ0n) is 8.91. The largest absolute Gasteiger partial charge is 0.506 e. The summed E-state index contributed by atoms with van der Waals surface area (Å²) in [4.78, 5) is 12.4. The third kappa shape index (κ3) is 1.69. The van der Waals surface area contributed by atoms with Gasteiger partial charge in [-0.05, 0) is 24.3 Å². The van der Waals surface area contributed by atoms with Crippen molar-refractivity contribution in [2.24, 2.45) is 0 Å². The predicted octanol–water partition coefficient (Wildman–Crippen LogP) is 2.40. The van der Waals surface area contributed by atoms with Crippen molar-refractivity contribution in [1.29, 1.82) is 0 Å². The van der Waals surface area contributed by atoms with Gasteiger partial charge in [0.05, 0.1) is 5.52 Å². The van der Waals surface area contributed by atoms with Gasteiger partial charge < -0.3 is 5.11 Å². The van der Waals surface area contributed by atoms with Crippen molar-refractivity contribution in [3.8, 4) is 17.0 Å². The first-order chi connectivity index (χ1) is 8.34. The lowest BCUT2D eigenvalue weighted by atomic mass is 10.1. The molecule has 4 nitrogen and oxygen atoms in total. The Bertz CT molecular complexity index is 668. The fourth-order valence-electron chi connectivity index (χ4n) is 1.72. The standard InChI is InChI=1S/C13H9N3O/c17-12-6-10-8-15-5-3-11(10)16-13(12)9-2-1-4-14-7-9/h1-8,17H. The molecular weight excluding hydrogens is 214 g/mol. The lowest BCUT2D eigenvalue weighted by Crippen LogP contribution is -1.88. The number of nitrogens with zero attached hydrogens (tertiary/aromatic N) is 3. The van der Waals surface area contributed by atoms with E-state index in [1.165, 1.54) is 0 Å². The fraction of sp³-hybridized carbons (Fsp3) is 0. The van der Waals surface area contributed by atoms with Gasteiger partial charge in [0.15, 0.2) is 0 Å². The van der Waals surface area contributed by atoms with Crippen molar-refractivity contribution in [3.63, 3.8) is 0 Å². The van der Waals surface area contributed by atoms with Crippen LogP contribution in [0.1, 0.15) is 0 Å². The van der Waals surface area contributed by atoms with Crippen LogP contribution in [0.5, 0.6) is 5.75 Å². The van der Waals surface area contributed by atoms with Crippen LogP contribution in [0.4, 0.5) is 0 Å². The molecule has 0 saturated heterocycles. The second-order valence-electron chi connectivity index (χ2n) is 3.67. The van der Waals surface area contributed by atoms with Gasteiger partial charge in [-0.2, -0.15) is 0 Å². The van der Waals surface area contributed by atoms with Gasteiger partial charge in [0.25, 0.3) is 0 Å². The highest BCUT2D eigenvalue weighted by atomic mass is 16.3. The molecule has 0 radical (unpaired) electrons. The summed E-state index contributed by atoms with van der Waals surface area (Å²) in [7, 11) is 0. The summed E-state index contributed by atoms with van der Waals surface area (Å²) < 4.78 is 0. The number of rotatable bonds is 1. The number of aromatic nitrogens is 3. The average Bonchev–Trinajstić information content (AvgIpc) is 2.39. The van der Waals surface area contributed by atoms with Crippen LogP contribution in [-0.2, 0) is 0 Å². The first-order valence-electron chi connectivity index (χ1n) is 5.19.